The predicted molar refractivity (Wildman–Crippen MR) is 70.8 cm³/mol. The molecule has 0 bridgehead atoms. The van der Waals surface area contributed by atoms with Gasteiger partial charge in [0, 0.05) is 17.1 Å². The minimum Gasteiger partial charge on any atom is -0.346 e. The Labute approximate surface area is 101 Å². The summed E-state index contributed by atoms with van der Waals surface area (Å²) >= 11 is 0. The molecule has 1 N–H and O–H groups in total. The molecule has 2 heterocycles. The Morgan fingerprint density at radius 2 is 1.76 bits per heavy atom. The highest BCUT2D eigenvalue weighted by Crippen LogP contribution is 2.19. The normalized spacial score (nSPS) is 10.2. The maximum Gasteiger partial charge on any atom is 0.161 e. The molecule has 1 aromatic carbocycles. The van der Waals surface area contributed by atoms with E-state index in [1.165, 1.54) is 0 Å². The van der Waals surface area contributed by atoms with E-state index in [0.717, 1.165) is 28.1 Å². The first kappa shape index (κ1) is 11.3. The minimum atomic E-state index is 0. The lowest BCUT2D eigenvalue weighted by Crippen LogP contribution is -1.92. The van der Waals surface area contributed by atoms with E-state index in [9.17, 15) is 0 Å². The lowest BCUT2D eigenvalue weighted by Gasteiger charge is -2.02. The Morgan fingerprint density at radius 1 is 1.00 bits per heavy atom. The van der Waals surface area contributed by atoms with Crippen molar-refractivity contribution >= 4 is 11.0 Å². The second-order valence-corrected chi connectivity index (χ2v) is 3.74. The van der Waals surface area contributed by atoms with E-state index >= 15 is 0 Å². The summed E-state index contributed by atoms with van der Waals surface area (Å²) in [7, 11) is 0. The zero-order chi connectivity index (χ0) is 11.0. The number of hydrogen-bond donors (Lipinski definition) is 1. The lowest BCUT2D eigenvalue weighted by molar-refractivity contribution is 1.15. The molecule has 3 nitrogen and oxygen atoms in total. The van der Waals surface area contributed by atoms with Crippen molar-refractivity contribution in [1.82, 2.24) is 15.0 Å². The third-order valence-corrected chi connectivity index (χ3v) is 2.64. The second-order valence-electron chi connectivity index (χ2n) is 3.74. The highest BCUT2D eigenvalue weighted by Gasteiger charge is 2.06. The first-order valence-electron chi connectivity index (χ1n) is 5.22. The Bertz CT molecular complexity index is 626. The molecule has 0 aliphatic heterocycles. The van der Waals surface area contributed by atoms with Crippen molar-refractivity contribution in [3.8, 4) is 11.4 Å². The predicted octanol–water partition coefficient (Wildman–Crippen LogP) is 3.57. The van der Waals surface area contributed by atoms with E-state index < -0.39 is 0 Å². The lowest BCUT2D eigenvalue weighted by atomic mass is 10.2. The number of aromatic amines is 1. The number of rotatable bonds is 1. The van der Waals surface area contributed by atoms with Gasteiger partial charge >= 0.3 is 0 Å². The van der Waals surface area contributed by atoms with E-state index in [-0.39, 0.29) is 7.43 Å². The third-order valence-electron chi connectivity index (χ3n) is 2.64. The summed E-state index contributed by atoms with van der Waals surface area (Å²) in [6, 6.07) is 12.0. The molecule has 3 aromatic rings. The zero-order valence-electron chi connectivity index (χ0n) is 8.94. The van der Waals surface area contributed by atoms with E-state index in [1.54, 1.807) is 0 Å². The van der Waals surface area contributed by atoms with Crippen molar-refractivity contribution in [2.75, 3.05) is 0 Å². The Kier molecular flexibility index (Phi) is 2.91. The first-order chi connectivity index (χ1) is 7.84. The van der Waals surface area contributed by atoms with Gasteiger partial charge < -0.3 is 4.98 Å². The first-order valence-corrected chi connectivity index (χ1v) is 5.22. The fourth-order valence-electron chi connectivity index (χ4n) is 1.81. The van der Waals surface area contributed by atoms with Gasteiger partial charge in [0.2, 0.25) is 0 Å². The van der Waals surface area contributed by atoms with E-state index in [0.29, 0.717) is 0 Å². The summed E-state index contributed by atoms with van der Waals surface area (Å²) in [6.45, 7) is 2.00. The molecule has 0 saturated carbocycles. The van der Waals surface area contributed by atoms with Crippen LogP contribution in [0.5, 0.6) is 0 Å². The van der Waals surface area contributed by atoms with Gasteiger partial charge in [-0.15, -0.1) is 0 Å². The molecule has 0 atom stereocenters. The molecular weight excluding hydrogens is 210 g/mol. The van der Waals surface area contributed by atoms with Crippen LogP contribution >= 0.6 is 0 Å². The van der Waals surface area contributed by atoms with Gasteiger partial charge in [-0.25, -0.2) is 9.97 Å². The molecule has 3 rings (SSSR count). The highest BCUT2D eigenvalue weighted by molar-refractivity contribution is 5.79. The van der Waals surface area contributed by atoms with Gasteiger partial charge in [-0.3, -0.25) is 0 Å². The average Bonchev–Trinajstić information content (AvgIpc) is 2.79. The van der Waals surface area contributed by atoms with Gasteiger partial charge in [0.25, 0.3) is 0 Å². The third kappa shape index (κ3) is 1.91. The summed E-state index contributed by atoms with van der Waals surface area (Å²) in [6.07, 6.45) is 1.89. The van der Waals surface area contributed by atoms with E-state index in [2.05, 4.69) is 15.0 Å². The highest BCUT2D eigenvalue weighted by atomic mass is 14.9. The monoisotopic (exact) mass is 225 g/mol. The average molecular weight is 225 g/mol. The molecule has 3 heteroatoms. The number of aryl methyl sites for hydroxylation is 1. The zero-order valence-corrected chi connectivity index (χ0v) is 8.94. The summed E-state index contributed by atoms with van der Waals surface area (Å²) in [4.78, 5) is 12.1. The largest absolute Gasteiger partial charge is 0.346 e. The van der Waals surface area contributed by atoms with Crippen molar-refractivity contribution in [2.45, 2.75) is 14.4 Å². The van der Waals surface area contributed by atoms with Crippen molar-refractivity contribution in [1.29, 1.82) is 0 Å². The van der Waals surface area contributed by atoms with Crippen molar-refractivity contribution in [2.24, 2.45) is 0 Å². The maximum absolute atomic E-state index is 4.51. The van der Waals surface area contributed by atoms with E-state index in [1.807, 2.05) is 49.5 Å². The van der Waals surface area contributed by atoms with Crippen LogP contribution in [-0.2, 0) is 0 Å². The summed E-state index contributed by atoms with van der Waals surface area (Å²) in [5.41, 5.74) is 2.94. The van der Waals surface area contributed by atoms with Gasteiger partial charge in [-0.1, -0.05) is 37.8 Å². The van der Waals surface area contributed by atoms with Crippen LogP contribution in [0, 0.1) is 6.92 Å². The van der Waals surface area contributed by atoms with Crippen LogP contribution in [0.3, 0.4) is 0 Å². The second kappa shape index (κ2) is 4.37. The van der Waals surface area contributed by atoms with Crippen LogP contribution in [0.1, 0.15) is 13.1 Å². The molecule has 17 heavy (non-hydrogen) atoms. The number of aromatic nitrogens is 3. The molecule has 0 spiro atoms. The van der Waals surface area contributed by atoms with Crippen LogP contribution in [0.4, 0.5) is 0 Å². The van der Waals surface area contributed by atoms with Crippen molar-refractivity contribution in [3.63, 3.8) is 0 Å². The summed E-state index contributed by atoms with van der Waals surface area (Å²) in [5.74, 6) is 0.771. The Morgan fingerprint density at radius 3 is 2.53 bits per heavy atom. The molecule has 2 aromatic heterocycles. The number of fused-ring (bicyclic) bond motifs is 1. The molecule has 0 amide bonds. The van der Waals surface area contributed by atoms with Crippen LogP contribution in [0.15, 0.2) is 42.6 Å². The van der Waals surface area contributed by atoms with Crippen LogP contribution in [0.25, 0.3) is 22.4 Å². The quantitative estimate of drug-likeness (QED) is 0.687. The number of H-pyrrole nitrogens is 1. The van der Waals surface area contributed by atoms with Crippen LogP contribution in [0.2, 0.25) is 0 Å². The van der Waals surface area contributed by atoms with Gasteiger partial charge in [0.05, 0.1) is 5.69 Å². The maximum atomic E-state index is 4.51. The van der Waals surface area contributed by atoms with Crippen LogP contribution < -0.4 is 0 Å². The SMILES string of the molecule is C.Cc1nc(-c2ccccc2)nc2[nH]ccc12. The smallest absolute Gasteiger partial charge is 0.161 e. The molecule has 0 saturated heterocycles. The van der Waals surface area contributed by atoms with E-state index in [4.69, 9.17) is 0 Å². The fraction of sp³-hybridized carbons (Fsp3) is 0.143. The van der Waals surface area contributed by atoms with Gasteiger partial charge in [0.15, 0.2) is 5.82 Å². The molecule has 0 unspecified atom stereocenters. The summed E-state index contributed by atoms with van der Waals surface area (Å²) in [5, 5.41) is 1.08. The topological polar surface area (TPSA) is 41.6 Å². The van der Waals surface area contributed by atoms with Crippen LogP contribution in [-0.4, -0.2) is 15.0 Å². The number of nitrogens with one attached hydrogen (secondary N) is 1. The minimum absolute atomic E-state index is 0. The number of hydrogen-bond acceptors (Lipinski definition) is 2. The molecule has 0 aliphatic rings. The standard InChI is InChI=1S/C13H11N3.CH4/c1-9-11-7-8-14-13(11)16-12(15-9)10-5-3-2-4-6-10;/h2-8H,1H3,(H,14,15,16);1H4. The Hall–Kier alpha value is -2.16. The number of nitrogens with zero attached hydrogens (tertiary/aromatic N) is 2. The molecule has 0 radical (unpaired) electrons. The molecule has 0 aliphatic carbocycles. The molecule has 86 valence electrons. The Balaban J connectivity index is 0.00000108. The fourth-order valence-corrected chi connectivity index (χ4v) is 1.81. The molecule has 0 fully saturated rings. The molecular formula is C14H15N3. The van der Waals surface area contributed by atoms with Crippen molar-refractivity contribution < 1.29 is 0 Å². The van der Waals surface area contributed by atoms with Gasteiger partial charge in [0.1, 0.15) is 5.65 Å². The summed E-state index contributed by atoms with van der Waals surface area (Å²) < 4.78 is 0. The van der Waals surface area contributed by atoms with Gasteiger partial charge in [-0.05, 0) is 13.0 Å². The van der Waals surface area contributed by atoms with Crippen molar-refractivity contribution in [3.05, 3.63) is 48.3 Å². The number of benzene rings is 1. The van der Waals surface area contributed by atoms with Gasteiger partial charge in [-0.2, -0.15) is 0 Å².